The molecule has 1 N–H and O–H groups in total. The average molecular weight is 263 g/mol. The number of rotatable bonds is 1. The second kappa shape index (κ2) is 4.42. The fraction of sp³-hybridized carbons (Fsp3) is 0.250. The molecule has 1 aromatic heterocycles. The van der Waals surface area contributed by atoms with Crippen molar-refractivity contribution in [2.75, 3.05) is 24.5 Å². The van der Waals surface area contributed by atoms with Gasteiger partial charge in [0.15, 0.2) is 0 Å². The van der Waals surface area contributed by atoms with Crippen molar-refractivity contribution in [2.24, 2.45) is 0 Å². The van der Waals surface area contributed by atoms with Crippen LogP contribution in [0.1, 0.15) is 0 Å². The Bertz CT molecular complexity index is 616. The highest BCUT2D eigenvalue weighted by atomic mass is 35.5. The molecule has 2 aromatic rings. The molecule has 92 valence electrons. The Morgan fingerprint density at radius 2 is 2.22 bits per heavy atom. The number of amides is 1. The van der Waals surface area contributed by atoms with Gasteiger partial charge < -0.3 is 10.2 Å². The van der Waals surface area contributed by atoms with Crippen LogP contribution in [0.25, 0.3) is 10.9 Å². The monoisotopic (exact) mass is 262 g/mol. The summed E-state index contributed by atoms with van der Waals surface area (Å²) >= 11 is 5.94. The number of piperazine rings is 1. The summed E-state index contributed by atoms with van der Waals surface area (Å²) < 4.78 is 0. The van der Waals surface area contributed by atoms with E-state index in [-0.39, 0.29) is 5.91 Å². The first-order valence-electron chi connectivity index (χ1n) is 5.66. The molecule has 1 aliphatic rings. The van der Waals surface area contributed by atoms with E-state index in [2.05, 4.69) is 15.3 Å². The van der Waals surface area contributed by atoms with Crippen LogP contribution >= 0.6 is 11.6 Å². The number of nitrogens with zero attached hydrogens (tertiary/aromatic N) is 3. The van der Waals surface area contributed by atoms with Gasteiger partial charge in [-0.2, -0.15) is 0 Å². The van der Waals surface area contributed by atoms with Crippen LogP contribution in [0.2, 0.25) is 5.02 Å². The molecule has 2 heterocycles. The third-order valence-electron chi connectivity index (χ3n) is 2.92. The van der Waals surface area contributed by atoms with Crippen molar-refractivity contribution in [3.63, 3.8) is 0 Å². The summed E-state index contributed by atoms with van der Waals surface area (Å²) in [6, 6.07) is 5.49. The first-order valence-corrected chi connectivity index (χ1v) is 6.04. The van der Waals surface area contributed by atoms with Crippen molar-refractivity contribution in [2.45, 2.75) is 0 Å². The molecular weight excluding hydrogens is 252 g/mol. The SMILES string of the molecule is O=C1CN(c2ncnc3cc(Cl)ccc23)CCN1. The van der Waals surface area contributed by atoms with E-state index in [1.807, 2.05) is 11.0 Å². The Morgan fingerprint density at radius 1 is 1.33 bits per heavy atom. The molecule has 6 heteroatoms. The van der Waals surface area contributed by atoms with Crippen molar-refractivity contribution < 1.29 is 4.79 Å². The minimum atomic E-state index is 0.0157. The average Bonchev–Trinajstić information content (AvgIpc) is 2.37. The molecule has 1 fully saturated rings. The number of nitrogens with one attached hydrogen (secondary N) is 1. The number of halogens is 1. The summed E-state index contributed by atoms with van der Waals surface area (Å²) in [7, 11) is 0. The van der Waals surface area contributed by atoms with Gasteiger partial charge in [0.05, 0.1) is 12.1 Å². The smallest absolute Gasteiger partial charge is 0.239 e. The van der Waals surface area contributed by atoms with E-state index in [1.165, 1.54) is 6.33 Å². The van der Waals surface area contributed by atoms with Crippen LogP contribution < -0.4 is 10.2 Å². The number of benzene rings is 1. The number of carbonyl (C=O) groups is 1. The van der Waals surface area contributed by atoms with E-state index in [1.54, 1.807) is 12.1 Å². The zero-order chi connectivity index (χ0) is 12.5. The summed E-state index contributed by atoms with van der Waals surface area (Å²) in [6.45, 7) is 1.72. The van der Waals surface area contributed by atoms with E-state index in [0.717, 1.165) is 23.3 Å². The third kappa shape index (κ3) is 1.97. The third-order valence-corrected chi connectivity index (χ3v) is 3.15. The molecule has 1 aromatic carbocycles. The minimum absolute atomic E-state index is 0.0157. The number of anilines is 1. The Hall–Kier alpha value is -1.88. The van der Waals surface area contributed by atoms with Crippen LogP contribution in [0.15, 0.2) is 24.5 Å². The quantitative estimate of drug-likeness (QED) is 0.840. The van der Waals surface area contributed by atoms with Gasteiger partial charge in [0.25, 0.3) is 0 Å². The Labute approximate surface area is 109 Å². The Balaban J connectivity index is 2.08. The molecule has 5 nitrogen and oxygen atoms in total. The maximum absolute atomic E-state index is 11.4. The molecule has 0 spiro atoms. The Morgan fingerprint density at radius 3 is 3.06 bits per heavy atom. The zero-order valence-corrected chi connectivity index (χ0v) is 10.3. The number of carbonyl (C=O) groups excluding carboxylic acids is 1. The van der Waals surface area contributed by atoms with Crippen LogP contribution in [-0.4, -0.2) is 35.5 Å². The van der Waals surface area contributed by atoms with Crippen LogP contribution in [0.3, 0.4) is 0 Å². The lowest BCUT2D eigenvalue weighted by Crippen LogP contribution is -2.48. The van der Waals surface area contributed by atoms with E-state index in [4.69, 9.17) is 11.6 Å². The van der Waals surface area contributed by atoms with Crippen LogP contribution in [0.5, 0.6) is 0 Å². The van der Waals surface area contributed by atoms with Crippen LogP contribution in [-0.2, 0) is 4.79 Å². The first-order chi connectivity index (χ1) is 8.74. The zero-order valence-electron chi connectivity index (χ0n) is 9.56. The summed E-state index contributed by atoms with van der Waals surface area (Å²) in [5.41, 5.74) is 0.790. The summed E-state index contributed by atoms with van der Waals surface area (Å²) in [6.07, 6.45) is 1.50. The standard InChI is InChI=1S/C12H11ClN4O/c13-8-1-2-9-10(5-8)15-7-16-12(9)17-4-3-14-11(18)6-17/h1-2,5,7H,3-4,6H2,(H,14,18). The second-order valence-electron chi connectivity index (χ2n) is 4.13. The van der Waals surface area contributed by atoms with Gasteiger partial charge in [-0.05, 0) is 18.2 Å². The number of fused-ring (bicyclic) bond motifs is 1. The predicted molar refractivity (Wildman–Crippen MR) is 69.8 cm³/mol. The van der Waals surface area contributed by atoms with Crippen molar-refractivity contribution in [3.05, 3.63) is 29.5 Å². The highest BCUT2D eigenvalue weighted by Gasteiger charge is 2.19. The van der Waals surface area contributed by atoms with E-state index < -0.39 is 0 Å². The first kappa shape index (κ1) is 11.2. The summed E-state index contributed by atoms with van der Waals surface area (Å²) in [5, 5.41) is 4.35. The molecule has 1 aliphatic heterocycles. The maximum Gasteiger partial charge on any atom is 0.239 e. The van der Waals surface area contributed by atoms with Gasteiger partial charge in [-0.1, -0.05) is 11.6 Å². The molecule has 1 amide bonds. The predicted octanol–water partition coefficient (Wildman–Crippen LogP) is 1.22. The van der Waals surface area contributed by atoms with E-state index in [9.17, 15) is 4.79 Å². The molecule has 3 rings (SSSR count). The molecule has 18 heavy (non-hydrogen) atoms. The maximum atomic E-state index is 11.4. The highest BCUT2D eigenvalue weighted by molar-refractivity contribution is 6.31. The van der Waals surface area contributed by atoms with Gasteiger partial charge in [0.2, 0.25) is 5.91 Å². The van der Waals surface area contributed by atoms with Gasteiger partial charge in [0.1, 0.15) is 12.1 Å². The van der Waals surface area contributed by atoms with Gasteiger partial charge in [-0.3, -0.25) is 4.79 Å². The fourth-order valence-corrected chi connectivity index (χ4v) is 2.25. The van der Waals surface area contributed by atoms with Gasteiger partial charge in [0, 0.05) is 23.5 Å². The van der Waals surface area contributed by atoms with Crippen molar-refractivity contribution in [1.82, 2.24) is 15.3 Å². The molecule has 0 bridgehead atoms. The molecule has 0 saturated carbocycles. The lowest BCUT2D eigenvalue weighted by Gasteiger charge is -2.28. The lowest BCUT2D eigenvalue weighted by atomic mass is 10.2. The largest absolute Gasteiger partial charge is 0.353 e. The number of aromatic nitrogens is 2. The molecule has 0 radical (unpaired) electrons. The van der Waals surface area contributed by atoms with Crippen LogP contribution in [0, 0.1) is 0 Å². The Kier molecular flexibility index (Phi) is 2.76. The summed E-state index contributed by atoms with van der Waals surface area (Å²) in [4.78, 5) is 21.9. The van der Waals surface area contributed by atoms with Crippen LogP contribution in [0.4, 0.5) is 5.82 Å². The molecular formula is C12H11ClN4O. The summed E-state index contributed by atoms with van der Waals surface area (Å²) in [5.74, 6) is 0.800. The molecule has 0 unspecified atom stereocenters. The van der Waals surface area contributed by atoms with Gasteiger partial charge in [-0.15, -0.1) is 0 Å². The number of hydrogen-bond acceptors (Lipinski definition) is 4. The molecule has 1 saturated heterocycles. The lowest BCUT2D eigenvalue weighted by molar-refractivity contribution is -0.120. The second-order valence-corrected chi connectivity index (χ2v) is 4.57. The minimum Gasteiger partial charge on any atom is -0.353 e. The highest BCUT2D eigenvalue weighted by Crippen LogP contribution is 2.25. The van der Waals surface area contributed by atoms with Crippen molar-refractivity contribution in [3.8, 4) is 0 Å². The van der Waals surface area contributed by atoms with Gasteiger partial charge >= 0.3 is 0 Å². The molecule has 0 atom stereocenters. The van der Waals surface area contributed by atoms with E-state index >= 15 is 0 Å². The topological polar surface area (TPSA) is 58.1 Å². The normalized spacial score (nSPS) is 15.8. The van der Waals surface area contributed by atoms with Crippen molar-refractivity contribution >= 4 is 34.2 Å². The van der Waals surface area contributed by atoms with Gasteiger partial charge in [-0.25, -0.2) is 9.97 Å². The molecule has 0 aliphatic carbocycles. The fourth-order valence-electron chi connectivity index (χ4n) is 2.09. The van der Waals surface area contributed by atoms with Crippen molar-refractivity contribution in [1.29, 1.82) is 0 Å². The number of hydrogen-bond donors (Lipinski definition) is 1. The van der Waals surface area contributed by atoms with E-state index in [0.29, 0.717) is 18.1 Å².